The first kappa shape index (κ1) is 24.9. The van der Waals surface area contributed by atoms with E-state index < -0.39 is 5.97 Å². The summed E-state index contributed by atoms with van der Waals surface area (Å²) in [5, 5.41) is 0. The summed E-state index contributed by atoms with van der Waals surface area (Å²) >= 11 is 0. The molecule has 0 aromatic heterocycles. The average Bonchev–Trinajstić information content (AvgIpc) is 2.69. The van der Waals surface area contributed by atoms with Gasteiger partial charge in [0.2, 0.25) is 0 Å². The third kappa shape index (κ3) is 12.8. The zero-order valence-electron chi connectivity index (χ0n) is 18.0. The molecule has 1 aromatic carbocycles. The van der Waals surface area contributed by atoms with E-state index in [9.17, 15) is 14.4 Å². The molecule has 0 aliphatic heterocycles. The van der Waals surface area contributed by atoms with Crippen molar-refractivity contribution in [1.82, 2.24) is 0 Å². The van der Waals surface area contributed by atoms with Crippen molar-refractivity contribution in [2.45, 2.75) is 90.9 Å². The van der Waals surface area contributed by atoms with Crippen LogP contribution in [0.5, 0.6) is 5.75 Å². The van der Waals surface area contributed by atoms with Crippen LogP contribution in [-0.2, 0) is 14.3 Å². The summed E-state index contributed by atoms with van der Waals surface area (Å²) in [5.74, 6) is -0.299. The minimum absolute atomic E-state index is 0.0382. The van der Waals surface area contributed by atoms with Crippen molar-refractivity contribution in [2.24, 2.45) is 0 Å². The third-order valence-electron chi connectivity index (χ3n) is 4.77. The van der Waals surface area contributed by atoms with E-state index in [4.69, 9.17) is 9.47 Å². The van der Waals surface area contributed by atoms with E-state index in [-0.39, 0.29) is 24.6 Å². The molecule has 0 fully saturated rings. The summed E-state index contributed by atoms with van der Waals surface area (Å²) in [5.41, 5.74) is 0.569. The molecule has 0 aliphatic carbocycles. The number of unbranched alkanes of at least 4 members (excludes halogenated alkanes) is 8. The van der Waals surface area contributed by atoms with Crippen LogP contribution in [-0.4, -0.2) is 24.3 Å². The summed E-state index contributed by atoms with van der Waals surface area (Å²) in [4.78, 5) is 34.7. The molecule has 1 aromatic rings. The van der Waals surface area contributed by atoms with Gasteiger partial charge in [-0.2, -0.15) is 0 Å². The first-order valence-corrected chi connectivity index (χ1v) is 11.0. The molecular weight excluding hydrogens is 368 g/mol. The van der Waals surface area contributed by atoms with Crippen LogP contribution < -0.4 is 4.74 Å². The second-order valence-corrected chi connectivity index (χ2v) is 7.46. The molecule has 1 rings (SSSR count). The Bertz CT molecular complexity index is 606. The van der Waals surface area contributed by atoms with Gasteiger partial charge in [-0.25, -0.2) is 0 Å². The van der Waals surface area contributed by atoms with Gasteiger partial charge in [0.15, 0.2) is 5.78 Å². The van der Waals surface area contributed by atoms with Gasteiger partial charge in [0.05, 0.1) is 6.61 Å². The minimum atomic E-state index is -0.396. The molecule has 0 atom stereocenters. The van der Waals surface area contributed by atoms with Crippen LogP contribution in [0, 0.1) is 0 Å². The molecular formula is C24H36O5. The predicted octanol–water partition coefficient (Wildman–Crippen LogP) is 6.04. The number of benzene rings is 1. The molecule has 0 saturated heterocycles. The monoisotopic (exact) mass is 404 g/mol. The normalized spacial score (nSPS) is 10.6. The zero-order chi connectivity index (χ0) is 21.3. The van der Waals surface area contributed by atoms with Gasteiger partial charge in [-0.3, -0.25) is 14.4 Å². The Morgan fingerprint density at radius 2 is 1.28 bits per heavy atom. The van der Waals surface area contributed by atoms with Gasteiger partial charge in [-0.05, 0) is 44.0 Å². The Kier molecular flexibility index (Phi) is 13.5. The summed E-state index contributed by atoms with van der Waals surface area (Å²) in [6.07, 6.45) is 11.8. The first-order valence-electron chi connectivity index (χ1n) is 11.0. The number of hydrogen-bond acceptors (Lipinski definition) is 5. The number of carbonyl (C=O) groups is 3. The highest BCUT2D eigenvalue weighted by Crippen LogP contribution is 2.14. The molecule has 162 valence electrons. The van der Waals surface area contributed by atoms with E-state index in [1.807, 2.05) is 0 Å². The van der Waals surface area contributed by atoms with E-state index in [1.165, 1.54) is 51.9 Å². The molecule has 0 radical (unpaired) electrons. The molecule has 0 unspecified atom stereocenters. The third-order valence-corrected chi connectivity index (χ3v) is 4.77. The van der Waals surface area contributed by atoms with Crippen molar-refractivity contribution in [3.63, 3.8) is 0 Å². The Balaban J connectivity index is 2.00. The van der Waals surface area contributed by atoms with Crippen LogP contribution in [0.2, 0.25) is 0 Å². The van der Waals surface area contributed by atoms with Gasteiger partial charge in [-0.1, -0.05) is 58.3 Å². The van der Waals surface area contributed by atoms with Crippen molar-refractivity contribution in [1.29, 1.82) is 0 Å². The van der Waals surface area contributed by atoms with Crippen LogP contribution >= 0.6 is 0 Å². The fraction of sp³-hybridized carbons (Fsp3) is 0.625. The summed E-state index contributed by atoms with van der Waals surface area (Å²) in [6.45, 7) is 4.17. The number of Topliss-reactive ketones (excluding diaryl/α,β-unsaturated/α-hetero) is 1. The molecule has 0 bridgehead atoms. The lowest BCUT2D eigenvalue weighted by atomic mass is 10.1. The van der Waals surface area contributed by atoms with Gasteiger partial charge in [0.1, 0.15) is 5.75 Å². The molecule has 0 spiro atoms. The topological polar surface area (TPSA) is 69.7 Å². The van der Waals surface area contributed by atoms with Gasteiger partial charge >= 0.3 is 11.9 Å². The van der Waals surface area contributed by atoms with E-state index >= 15 is 0 Å². The number of esters is 2. The molecule has 0 N–H and O–H groups in total. The quantitative estimate of drug-likeness (QED) is 0.145. The lowest BCUT2D eigenvalue weighted by molar-refractivity contribution is -0.144. The smallest absolute Gasteiger partial charge is 0.311 e. The number of rotatable bonds is 16. The molecule has 29 heavy (non-hydrogen) atoms. The van der Waals surface area contributed by atoms with E-state index in [0.717, 1.165) is 12.8 Å². The maximum atomic E-state index is 11.8. The molecule has 5 nitrogen and oxygen atoms in total. The largest absolute Gasteiger partial charge is 0.466 e. The van der Waals surface area contributed by atoms with Gasteiger partial charge in [0, 0.05) is 18.4 Å². The van der Waals surface area contributed by atoms with Crippen molar-refractivity contribution < 1.29 is 23.9 Å². The lowest BCUT2D eigenvalue weighted by Gasteiger charge is -2.06. The van der Waals surface area contributed by atoms with Crippen molar-refractivity contribution in [2.75, 3.05) is 6.61 Å². The number of carbonyl (C=O) groups excluding carboxylic acids is 3. The highest BCUT2D eigenvalue weighted by Gasteiger charge is 2.09. The SMILES string of the molecule is CCCCCCCCCCCOC(=O)CCCC(=O)Oc1ccc(C(C)=O)cc1. The van der Waals surface area contributed by atoms with Gasteiger partial charge in [-0.15, -0.1) is 0 Å². The van der Waals surface area contributed by atoms with E-state index in [0.29, 0.717) is 24.3 Å². The molecule has 0 heterocycles. The summed E-state index contributed by atoms with van der Waals surface area (Å²) in [6, 6.07) is 6.42. The Labute approximate surface area is 175 Å². The van der Waals surface area contributed by atoms with Crippen molar-refractivity contribution in [3.05, 3.63) is 29.8 Å². The zero-order valence-corrected chi connectivity index (χ0v) is 18.0. The maximum absolute atomic E-state index is 11.8. The first-order chi connectivity index (χ1) is 14.0. The Morgan fingerprint density at radius 1 is 0.724 bits per heavy atom. The van der Waals surface area contributed by atoms with E-state index in [1.54, 1.807) is 24.3 Å². The van der Waals surface area contributed by atoms with Crippen molar-refractivity contribution in [3.8, 4) is 5.75 Å². The second-order valence-electron chi connectivity index (χ2n) is 7.46. The van der Waals surface area contributed by atoms with Crippen LogP contribution in [0.15, 0.2) is 24.3 Å². The van der Waals surface area contributed by atoms with Crippen LogP contribution in [0.3, 0.4) is 0 Å². The highest BCUT2D eigenvalue weighted by molar-refractivity contribution is 5.94. The lowest BCUT2D eigenvalue weighted by Crippen LogP contribution is -2.10. The van der Waals surface area contributed by atoms with Gasteiger partial charge in [0.25, 0.3) is 0 Å². The molecule has 0 aliphatic rings. The summed E-state index contributed by atoms with van der Waals surface area (Å²) < 4.78 is 10.4. The number of ketones is 1. The standard InChI is InChI=1S/C24H36O5/c1-3-4-5-6-7-8-9-10-11-19-28-23(26)13-12-14-24(27)29-22-17-15-21(16-18-22)20(2)25/h15-18H,3-14,19H2,1-2H3. The van der Waals surface area contributed by atoms with Crippen molar-refractivity contribution >= 4 is 17.7 Å². The van der Waals surface area contributed by atoms with Gasteiger partial charge < -0.3 is 9.47 Å². The van der Waals surface area contributed by atoms with Crippen LogP contribution in [0.1, 0.15) is 101 Å². The fourth-order valence-corrected chi connectivity index (χ4v) is 2.99. The van der Waals surface area contributed by atoms with E-state index in [2.05, 4.69) is 6.92 Å². The van der Waals surface area contributed by atoms with Crippen LogP contribution in [0.4, 0.5) is 0 Å². The number of hydrogen-bond donors (Lipinski definition) is 0. The Morgan fingerprint density at radius 3 is 1.86 bits per heavy atom. The second kappa shape index (κ2) is 15.7. The minimum Gasteiger partial charge on any atom is -0.466 e. The predicted molar refractivity (Wildman–Crippen MR) is 114 cm³/mol. The molecule has 0 saturated carbocycles. The summed E-state index contributed by atoms with van der Waals surface area (Å²) in [7, 11) is 0. The number of ether oxygens (including phenoxy) is 2. The molecule has 0 amide bonds. The highest BCUT2D eigenvalue weighted by atomic mass is 16.5. The maximum Gasteiger partial charge on any atom is 0.311 e. The fourth-order valence-electron chi connectivity index (χ4n) is 2.99. The van der Waals surface area contributed by atoms with Crippen LogP contribution in [0.25, 0.3) is 0 Å². The average molecular weight is 405 g/mol. The molecule has 5 heteroatoms. The Hall–Kier alpha value is -2.17.